The van der Waals surface area contributed by atoms with E-state index in [1.807, 2.05) is 0 Å². The second kappa shape index (κ2) is 9.87. The maximum atomic E-state index is 13.6. The molecule has 0 aromatic carbocycles. The van der Waals surface area contributed by atoms with Gasteiger partial charge in [0.1, 0.15) is 0 Å². The van der Waals surface area contributed by atoms with Crippen LogP contribution < -0.4 is 0 Å². The number of hydrogen-bond donors (Lipinski definition) is 1. The molecule has 0 saturated heterocycles. The topological polar surface area (TPSA) is 20.2 Å². The Bertz CT molecular complexity index is 926. The molecule has 0 fully saturated rings. The summed E-state index contributed by atoms with van der Waals surface area (Å²) in [5.74, 6) is -98.2. The molecule has 0 aliphatic carbocycles. The van der Waals surface area contributed by atoms with Crippen LogP contribution in [0.15, 0.2) is 0 Å². The van der Waals surface area contributed by atoms with Crippen molar-refractivity contribution in [2.24, 2.45) is 0 Å². The lowest BCUT2D eigenvalue weighted by atomic mass is 9.84. The van der Waals surface area contributed by atoms with E-state index < -0.39 is 90.8 Å². The molecule has 26 heteroatoms. The summed E-state index contributed by atoms with van der Waals surface area (Å²) < 4.78 is 330. The van der Waals surface area contributed by atoms with E-state index in [0.717, 1.165) is 0 Å². The van der Waals surface area contributed by atoms with Crippen LogP contribution in [0.3, 0.4) is 0 Å². The maximum absolute atomic E-state index is 13.6. The number of hydrogen-bond acceptors (Lipinski definition) is 1. The third-order valence-electron chi connectivity index (χ3n) is 5.01. The van der Waals surface area contributed by atoms with Gasteiger partial charge in [0.2, 0.25) is 0 Å². The van der Waals surface area contributed by atoms with Crippen LogP contribution in [0.2, 0.25) is 0 Å². The lowest BCUT2D eigenvalue weighted by Gasteiger charge is -2.45. The molecule has 0 aromatic heterocycles. The summed E-state index contributed by atoms with van der Waals surface area (Å²) >= 11 is 0. The third-order valence-corrected chi connectivity index (χ3v) is 5.01. The van der Waals surface area contributed by atoms with Crippen molar-refractivity contribution in [1.29, 1.82) is 0 Å². The van der Waals surface area contributed by atoms with Gasteiger partial charge in [0, 0.05) is 13.0 Å². The van der Waals surface area contributed by atoms with E-state index in [9.17, 15) is 110 Å². The Morgan fingerprint density at radius 1 is 0.293 bits per heavy atom. The highest BCUT2D eigenvalue weighted by molar-refractivity contribution is 5.19. The third kappa shape index (κ3) is 4.80. The molecule has 0 aromatic rings. The molecule has 0 unspecified atom stereocenters. The van der Waals surface area contributed by atoms with Crippen LogP contribution in [-0.4, -0.2) is 83.0 Å². The molecule has 0 amide bonds. The van der Waals surface area contributed by atoms with E-state index in [4.69, 9.17) is 5.11 Å². The smallest absolute Gasteiger partial charge is 0.396 e. The summed E-state index contributed by atoms with van der Waals surface area (Å²) in [5.41, 5.74) is 0. The number of aliphatic hydroxyl groups is 1. The summed E-state index contributed by atoms with van der Waals surface area (Å²) in [7, 11) is 0. The molecular weight excluding hydrogens is 671 g/mol. The SMILES string of the molecule is OCCCC(F)(F)C(F)(F)C(F)(F)C(F)(F)C(F)(F)C(F)(F)C(F)(F)C(F)(F)C(F)(F)C(F)(F)C(F)(F)C(F)(F)F. The molecule has 0 heterocycles. The van der Waals surface area contributed by atoms with Gasteiger partial charge in [0.15, 0.2) is 0 Å². The first-order chi connectivity index (χ1) is 17.3. The van der Waals surface area contributed by atoms with Crippen molar-refractivity contribution in [2.45, 2.75) is 84.2 Å². The number of aliphatic hydroxyl groups excluding tert-OH is 1. The molecule has 0 saturated carbocycles. The number of rotatable bonds is 13. The van der Waals surface area contributed by atoms with Gasteiger partial charge in [-0.15, -0.1) is 0 Å². The van der Waals surface area contributed by atoms with Gasteiger partial charge in [-0.3, -0.25) is 0 Å². The lowest BCUT2D eigenvalue weighted by Crippen LogP contribution is -2.78. The van der Waals surface area contributed by atoms with Crippen LogP contribution in [0.1, 0.15) is 12.8 Å². The second-order valence-electron chi connectivity index (χ2n) is 7.77. The minimum Gasteiger partial charge on any atom is -0.396 e. The molecule has 0 radical (unpaired) electrons. The Morgan fingerprint density at radius 3 is 0.683 bits per heavy atom. The van der Waals surface area contributed by atoms with Crippen LogP contribution >= 0.6 is 0 Å². The Labute approximate surface area is 207 Å². The van der Waals surface area contributed by atoms with Crippen molar-refractivity contribution in [2.75, 3.05) is 6.61 Å². The molecular formula is C15H7F25O. The van der Waals surface area contributed by atoms with Gasteiger partial charge in [-0.25, -0.2) is 0 Å². The summed E-state index contributed by atoms with van der Waals surface area (Å²) in [4.78, 5) is 0. The summed E-state index contributed by atoms with van der Waals surface area (Å²) in [6.07, 6.45) is -12.9. The Hall–Kier alpha value is -1.79. The summed E-state index contributed by atoms with van der Waals surface area (Å²) in [6.45, 7) is -1.69. The number of alkyl halides is 25. The molecule has 1 nitrogen and oxygen atoms in total. The van der Waals surface area contributed by atoms with E-state index in [1.54, 1.807) is 0 Å². The van der Waals surface area contributed by atoms with Crippen molar-refractivity contribution < 1.29 is 115 Å². The van der Waals surface area contributed by atoms with E-state index in [0.29, 0.717) is 0 Å². The van der Waals surface area contributed by atoms with Gasteiger partial charge in [0.05, 0.1) is 0 Å². The highest BCUT2D eigenvalue weighted by atomic mass is 19.4. The summed E-state index contributed by atoms with van der Waals surface area (Å²) in [5, 5.41) is 8.17. The first kappa shape index (κ1) is 39.2. The van der Waals surface area contributed by atoms with E-state index in [1.165, 1.54) is 0 Å². The fourth-order valence-corrected chi connectivity index (χ4v) is 2.44. The van der Waals surface area contributed by atoms with Gasteiger partial charge in [-0.1, -0.05) is 0 Å². The standard InChI is InChI=1S/C15H7F25O/c16-4(17,2-1-3-41)5(18,19)6(20,21)7(22,23)8(24,25)9(26,27)10(28,29)11(30,31)12(32,33)13(34,35)14(36,37)15(38,39)40/h41H,1-3H2. The lowest BCUT2D eigenvalue weighted by molar-refractivity contribution is -0.482. The normalized spacial score (nSPS) is 16.8. The van der Waals surface area contributed by atoms with Crippen molar-refractivity contribution in [3.8, 4) is 0 Å². The quantitative estimate of drug-likeness (QED) is 0.195. The van der Waals surface area contributed by atoms with E-state index in [-0.39, 0.29) is 0 Å². The average molecular weight is 678 g/mol. The van der Waals surface area contributed by atoms with Gasteiger partial charge >= 0.3 is 71.3 Å². The highest BCUT2D eigenvalue weighted by Gasteiger charge is 2.99. The molecule has 0 aliphatic rings. The van der Waals surface area contributed by atoms with Crippen molar-refractivity contribution in [3.63, 3.8) is 0 Å². The minimum atomic E-state index is -9.59. The first-order valence-electron chi connectivity index (χ1n) is 9.14. The minimum absolute atomic E-state index is 1.69. The summed E-state index contributed by atoms with van der Waals surface area (Å²) in [6, 6.07) is 0. The first-order valence-corrected chi connectivity index (χ1v) is 9.14. The fraction of sp³-hybridized carbons (Fsp3) is 1.00. The fourth-order valence-electron chi connectivity index (χ4n) is 2.44. The average Bonchev–Trinajstić information content (AvgIpc) is 2.75. The van der Waals surface area contributed by atoms with Gasteiger partial charge in [0.25, 0.3) is 0 Å². The predicted molar refractivity (Wildman–Crippen MR) is 76.8 cm³/mol. The van der Waals surface area contributed by atoms with Crippen LogP contribution in [0, 0.1) is 0 Å². The second-order valence-corrected chi connectivity index (χ2v) is 7.77. The molecule has 0 rings (SSSR count). The molecule has 0 aliphatic heterocycles. The van der Waals surface area contributed by atoms with Crippen LogP contribution in [0.5, 0.6) is 0 Å². The van der Waals surface area contributed by atoms with Gasteiger partial charge < -0.3 is 5.11 Å². The van der Waals surface area contributed by atoms with Crippen molar-refractivity contribution in [1.82, 2.24) is 0 Å². The van der Waals surface area contributed by atoms with E-state index in [2.05, 4.69) is 0 Å². The van der Waals surface area contributed by atoms with Crippen LogP contribution in [-0.2, 0) is 0 Å². The molecule has 1 N–H and O–H groups in total. The van der Waals surface area contributed by atoms with Crippen LogP contribution in [0.4, 0.5) is 110 Å². The zero-order valence-corrected chi connectivity index (χ0v) is 18.0. The van der Waals surface area contributed by atoms with Gasteiger partial charge in [-0.05, 0) is 6.42 Å². The largest absolute Gasteiger partial charge is 0.460 e. The monoisotopic (exact) mass is 678 g/mol. The Kier molecular flexibility index (Phi) is 9.44. The van der Waals surface area contributed by atoms with Gasteiger partial charge in [-0.2, -0.15) is 110 Å². The molecule has 0 spiro atoms. The predicted octanol–water partition coefficient (Wildman–Crippen LogP) is 8.31. The molecule has 248 valence electrons. The Balaban J connectivity index is 7.26. The van der Waals surface area contributed by atoms with E-state index >= 15 is 0 Å². The zero-order valence-electron chi connectivity index (χ0n) is 18.0. The van der Waals surface area contributed by atoms with Crippen molar-refractivity contribution in [3.05, 3.63) is 0 Å². The number of halogens is 25. The van der Waals surface area contributed by atoms with Crippen molar-refractivity contribution >= 4 is 0 Å². The highest BCUT2D eigenvalue weighted by Crippen LogP contribution is 2.67. The molecule has 0 bridgehead atoms. The zero-order chi connectivity index (χ0) is 34.1. The molecule has 41 heavy (non-hydrogen) atoms. The molecule has 0 atom stereocenters. The van der Waals surface area contributed by atoms with Crippen LogP contribution in [0.25, 0.3) is 0 Å². The Morgan fingerprint density at radius 2 is 0.488 bits per heavy atom. The maximum Gasteiger partial charge on any atom is 0.460 e.